The lowest BCUT2D eigenvalue weighted by Crippen LogP contribution is -2.52. The van der Waals surface area contributed by atoms with Crippen LogP contribution in [0.4, 0.5) is 20.2 Å². The number of anilines is 1. The number of nitrogens with one attached hydrogen (secondary N) is 1. The van der Waals surface area contributed by atoms with Crippen molar-refractivity contribution in [2.24, 2.45) is 0 Å². The number of aliphatic carboxylic acids is 1. The predicted molar refractivity (Wildman–Crippen MR) is 60.9 cm³/mol. The molecule has 6 nitrogen and oxygen atoms in total. The van der Waals surface area contributed by atoms with Crippen LogP contribution in [0.1, 0.15) is 19.3 Å². The third-order valence-corrected chi connectivity index (χ3v) is 3.25. The molecule has 1 fully saturated rings. The highest BCUT2D eigenvalue weighted by Crippen LogP contribution is 2.39. The van der Waals surface area contributed by atoms with Gasteiger partial charge in [0.25, 0.3) is 5.69 Å². The van der Waals surface area contributed by atoms with E-state index in [0.717, 1.165) is 6.07 Å². The maximum Gasteiger partial charge on any atom is 0.329 e. The molecule has 1 aromatic rings. The van der Waals surface area contributed by atoms with Gasteiger partial charge in [-0.05, 0) is 25.3 Å². The van der Waals surface area contributed by atoms with Crippen LogP contribution in [0.2, 0.25) is 0 Å². The Labute approximate surface area is 106 Å². The van der Waals surface area contributed by atoms with Gasteiger partial charge in [-0.15, -0.1) is 0 Å². The summed E-state index contributed by atoms with van der Waals surface area (Å²) in [5.74, 6) is -3.95. The molecule has 1 aromatic carbocycles. The summed E-state index contributed by atoms with van der Waals surface area (Å²) >= 11 is 0. The average Bonchev–Trinajstić information content (AvgIpc) is 2.27. The lowest BCUT2D eigenvalue weighted by atomic mass is 9.76. The van der Waals surface area contributed by atoms with Crippen LogP contribution >= 0.6 is 0 Å². The van der Waals surface area contributed by atoms with Crippen LogP contribution in [0.25, 0.3) is 0 Å². The smallest absolute Gasteiger partial charge is 0.329 e. The summed E-state index contributed by atoms with van der Waals surface area (Å²) in [5, 5.41) is 22.2. The Morgan fingerprint density at radius 3 is 2.47 bits per heavy atom. The van der Waals surface area contributed by atoms with E-state index in [0.29, 0.717) is 12.5 Å². The molecule has 0 bridgehead atoms. The molecule has 0 aliphatic heterocycles. The summed E-state index contributed by atoms with van der Waals surface area (Å²) < 4.78 is 26.8. The van der Waals surface area contributed by atoms with Crippen LogP contribution in [0.3, 0.4) is 0 Å². The molecule has 1 aliphatic rings. The molecule has 19 heavy (non-hydrogen) atoms. The lowest BCUT2D eigenvalue weighted by molar-refractivity contribution is -0.384. The lowest BCUT2D eigenvalue weighted by Gasteiger charge is -2.38. The fraction of sp³-hybridized carbons (Fsp3) is 0.364. The Bertz CT molecular complexity index is 558. The first-order valence-corrected chi connectivity index (χ1v) is 5.51. The van der Waals surface area contributed by atoms with Crippen molar-refractivity contribution >= 4 is 17.3 Å². The van der Waals surface area contributed by atoms with Crippen molar-refractivity contribution in [3.05, 3.63) is 33.9 Å². The summed E-state index contributed by atoms with van der Waals surface area (Å²) in [6.45, 7) is 0. The molecule has 0 unspecified atom stereocenters. The summed E-state index contributed by atoms with van der Waals surface area (Å²) in [5.41, 5.74) is -2.86. The maximum atomic E-state index is 13.6. The van der Waals surface area contributed by atoms with Gasteiger partial charge in [0.2, 0.25) is 0 Å². The third kappa shape index (κ3) is 2.09. The summed E-state index contributed by atoms with van der Waals surface area (Å²) in [6.07, 6.45) is 1.01. The van der Waals surface area contributed by atoms with Gasteiger partial charge in [-0.1, -0.05) is 0 Å². The number of halogens is 2. The minimum absolute atomic E-state index is 0.204. The zero-order valence-electron chi connectivity index (χ0n) is 9.65. The molecule has 102 valence electrons. The number of rotatable bonds is 4. The van der Waals surface area contributed by atoms with Gasteiger partial charge in [0.15, 0.2) is 17.3 Å². The highest BCUT2D eigenvalue weighted by atomic mass is 19.2. The molecular formula is C11H10F2N2O4. The molecule has 1 saturated carbocycles. The van der Waals surface area contributed by atoms with E-state index in [1.165, 1.54) is 0 Å². The maximum absolute atomic E-state index is 13.6. The molecular weight excluding hydrogens is 262 g/mol. The van der Waals surface area contributed by atoms with E-state index in [1.54, 1.807) is 0 Å². The first-order valence-electron chi connectivity index (χ1n) is 5.51. The zero-order valence-corrected chi connectivity index (χ0v) is 9.65. The van der Waals surface area contributed by atoms with Gasteiger partial charge in [0.1, 0.15) is 5.54 Å². The van der Waals surface area contributed by atoms with E-state index in [-0.39, 0.29) is 12.8 Å². The molecule has 2 N–H and O–H groups in total. The molecule has 1 aliphatic carbocycles. The minimum Gasteiger partial charge on any atom is -0.480 e. The van der Waals surface area contributed by atoms with Crippen molar-refractivity contribution in [1.29, 1.82) is 0 Å². The van der Waals surface area contributed by atoms with Crippen LogP contribution in [0, 0.1) is 21.7 Å². The van der Waals surface area contributed by atoms with Gasteiger partial charge in [0.05, 0.1) is 4.92 Å². The van der Waals surface area contributed by atoms with Crippen LogP contribution in [-0.4, -0.2) is 21.5 Å². The zero-order chi connectivity index (χ0) is 14.2. The van der Waals surface area contributed by atoms with Crippen molar-refractivity contribution in [2.45, 2.75) is 24.8 Å². The average molecular weight is 272 g/mol. The van der Waals surface area contributed by atoms with Crippen molar-refractivity contribution in [3.63, 3.8) is 0 Å². The van der Waals surface area contributed by atoms with E-state index < -0.39 is 39.4 Å². The molecule has 0 aromatic heterocycles. The van der Waals surface area contributed by atoms with E-state index in [9.17, 15) is 23.7 Å². The number of nitro benzene ring substituents is 1. The standard InChI is InChI=1S/C11H10F2N2O4/c12-6-2-3-7(15(18)19)9(8(6)13)14-11(10(16)17)4-1-5-11/h2-3,14H,1,4-5H2,(H,16,17). The monoisotopic (exact) mass is 272 g/mol. The van der Waals surface area contributed by atoms with Crippen LogP contribution in [0.15, 0.2) is 12.1 Å². The molecule has 0 saturated heterocycles. The van der Waals surface area contributed by atoms with Gasteiger partial charge in [-0.25, -0.2) is 13.6 Å². The predicted octanol–water partition coefficient (Wildman–Crippen LogP) is 2.29. The van der Waals surface area contributed by atoms with Gasteiger partial charge >= 0.3 is 5.97 Å². The van der Waals surface area contributed by atoms with Crippen LogP contribution < -0.4 is 5.32 Å². The van der Waals surface area contributed by atoms with Crippen LogP contribution in [0.5, 0.6) is 0 Å². The van der Waals surface area contributed by atoms with Gasteiger partial charge < -0.3 is 10.4 Å². The Morgan fingerprint density at radius 1 is 1.42 bits per heavy atom. The number of hydrogen-bond donors (Lipinski definition) is 2. The SMILES string of the molecule is O=C(O)C1(Nc2c([N+](=O)[O-])ccc(F)c2F)CCC1. The Kier molecular flexibility index (Phi) is 3.09. The number of carboxylic acids is 1. The number of carbonyl (C=O) groups is 1. The molecule has 8 heteroatoms. The second-order valence-corrected chi connectivity index (χ2v) is 4.38. The summed E-state index contributed by atoms with van der Waals surface area (Å²) in [4.78, 5) is 21.0. The van der Waals surface area contributed by atoms with E-state index in [1.807, 2.05) is 0 Å². The number of benzene rings is 1. The normalized spacial score (nSPS) is 16.5. The summed E-state index contributed by atoms with van der Waals surface area (Å²) in [6, 6.07) is 1.43. The van der Waals surface area contributed by atoms with Crippen molar-refractivity contribution in [3.8, 4) is 0 Å². The molecule has 0 radical (unpaired) electrons. The second-order valence-electron chi connectivity index (χ2n) is 4.38. The molecule has 0 atom stereocenters. The van der Waals surface area contributed by atoms with Gasteiger partial charge in [-0.2, -0.15) is 0 Å². The highest BCUT2D eigenvalue weighted by Gasteiger charge is 2.46. The summed E-state index contributed by atoms with van der Waals surface area (Å²) in [7, 11) is 0. The van der Waals surface area contributed by atoms with Crippen molar-refractivity contribution in [1.82, 2.24) is 0 Å². The molecule has 2 rings (SSSR count). The first kappa shape index (κ1) is 13.2. The largest absolute Gasteiger partial charge is 0.480 e. The number of hydrogen-bond acceptors (Lipinski definition) is 4. The molecule has 0 spiro atoms. The van der Waals surface area contributed by atoms with Gasteiger partial charge in [-0.3, -0.25) is 10.1 Å². The third-order valence-electron chi connectivity index (χ3n) is 3.25. The van der Waals surface area contributed by atoms with Crippen molar-refractivity contribution < 1.29 is 23.6 Å². The van der Waals surface area contributed by atoms with Crippen LogP contribution in [-0.2, 0) is 4.79 Å². The van der Waals surface area contributed by atoms with E-state index >= 15 is 0 Å². The second kappa shape index (κ2) is 4.45. The highest BCUT2D eigenvalue weighted by molar-refractivity contribution is 5.85. The van der Waals surface area contributed by atoms with Gasteiger partial charge in [0, 0.05) is 6.07 Å². The molecule has 0 amide bonds. The van der Waals surface area contributed by atoms with Crippen molar-refractivity contribution in [2.75, 3.05) is 5.32 Å². The number of carboxylic acid groups (broad SMARTS) is 1. The molecule has 0 heterocycles. The Balaban J connectivity index is 2.46. The quantitative estimate of drug-likeness (QED) is 0.648. The number of nitrogens with zero attached hydrogens (tertiary/aromatic N) is 1. The fourth-order valence-corrected chi connectivity index (χ4v) is 1.97. The Hall–Kier alpha value is -2.25. The number of nitro groups is 1. The fourth-order valence-electron chi connectivity index (χ4n) is 1.97. The van der Waals surface area contributed by atoms with E-state index in [4.69, 9.17) is 5.11 Å². The minimum atomic E-state index is -1.46. The van der Waals surface area contributed by atoms with E-state index in [2.05, 4.69) is 5.32 Å². The Morgan fingerprint density at radius 2 is 2.05 bits per heavy atom. The topological polar surface area (TPSA) is 92.5 Å². The first-order chi connectivity index (χ1) is 8.87.